The van der Waals surface area contributed by atoms with Crippen LogP contribution in [0.3, 0.4) is 0 Å². The molecule has 0 atom stereocenters. The molecule has 1 N–H and O–H groups in total. The molecule has 5 rings (SSSR count). The van der Waals surface area contributed by atoms with E-state index in [1.165, 1.54) is 51.9 Å². The van der Waals surface area contributed by atoms with Crippen LogP contribution in [0.4, 0.5) is 9.39 Å². The number of thiophene rings is 1. The van der Waals surface area contributed by atoms with Gasteiger partial charge in [0.15, 0.2) is 5.16 Å². The van der Waals surface area contributed by atoms with Gasteiger partial charge >= 0.3 is 5.97 Å². The number of esters is 1. The van der Waals surface area contributed by atoms with E-state index >= 15 is 0 Å². The zero-order chi connectivity index (χ0) is 25.9. The second kappa shape index (κ2) is 11.4. The number of aromatic nitrogens is 2. The number of hydrogen-bond donors (Lipinski definition) is 1. The quantitative estimate of drug-likeness (QED) is 0.183. The standard InChI is InChI=1S/C26H26FN3O4S3/c1-2-34-25(33)21-17-6-4-3-5-7-19(17)37-23(21)29-20(31)14-36-26-28-18-12-13-35-22(18)24(32)30(26)16-10-8-15(27)9-11-16/h8-11H,2-7,12-14H2,1H3,(H,29,31). The second-order valence-electron chi connectivity index (χ2n) is 8.71. The van der Waals surface area contributed by atoms with Gasteiger partial charge in [-0.25, -0.2) is 14.2 Å². The minimum absolute atomic E-state index is 0.00953. The maximum absolute atomic E-state index is 13.5. The van der Waals surface area contributed by atoms with Gasteiger partial charge in [-0.3, -0.25) is 14.2 Å². The Morgan fingerprint density at radius 2 is 1.95 bits per heavy atom. The average molecular weight is 560 g/mol. The van der Waals surface area contributed by atoms with Crippen LogP contribution in [-0.4, -0.2) is 39.5 Å². The van der Waals surface area contributed by atoms with Crippen molar-refractivity contribution in [2.24, 2.45) is 0 Å². The van der Waals surface area contributed by atoms with Crippen LogP contribution < -0.4 is 10.9 Å². The van der Waals surface area contributed by atoms with Gasteiger partial charge in [0.2, 0.25) is 5.91 Å². The van der Waals surface area contributed by atoms with Gasteiger partial charge in [0, 0.05) is 17.1 Å². The topological polar surface area (TPSA) is 90.3 Å². The molecular formula is C26H26FN3O4S3. The number of fused-ring (bicyclic) bond motifs is 2. The first-order valence-corrected chi connectivity index (χ1v) is 15.0. The van der Waals surface area contributed by atoms with E-state index in [2.05, 4.69) is 10.3 Å². The highest BCUT2D eigenvalue weighted by atomic mass is 32.2. The van der Waals surface area contributed by atoms with Crippen molar-refractivity contribution in [3.63, 3.8) is 0 Å². The van der Waals surface area contributed by atoms with Crippen molar-refractivity contribution in [3.8, 4) is 5.69 Å². The molecular weight excluding hydrogens is 534 g/mol. The predicted molar refractivity (Wildman–Crippen MR) is 145 cm³/mol. The lowest BCUT2D eigenvalue weighted by Gasteiger charge is -2.14. The van der Waals surface area contributed by atoms with E-state index in [1.807, 2.05) is 0 Å². The van der Waals surface area contributed by atoms with Crippen LogP contribution in [0.2, 0.25) is 0 Å². The molecule has 0 bridgehead atoms. The fraction of sp³-hybridized carbons (Fsp3) is 0.385. The molecule has 37 heavy (non-hydrogen) atoms. The van der Waals surface area contributed by atoms with E-state index in [1.54, 1.807) is 6.92 Å². The molecule has 7 nitrogen and oxygen atoms in total. The molecule has 2 aromatic heterocycles. The average Bonchev–Trinajstić information content (AvgIpc) is 3.41. The number of carbonyl (C=O) groups excluding carboxylic acids is 2. The first-order chi connectivity index (χ1) is 18.0. The number of thioether (sulfide) groups is 2. The molecule has 1 aliphatic heterocycles. The van der Waals surface area contributed by atoms with Gasteiger partial charge in [-0.1, -0.05) is 18.2 Å². The number of halogens is 1. The molecule has 0 radical (unpaired) electrons. The summed E-state index contributed by atoms with van der Waals surface area (Å²) in [7, 11) is 0. The molecule has 11 heteroatoms. The molecule has 3 aromatic rings. The number of aryl methyl sites for hydroxylation is 2. The number of amides is 1. The lowest BCUT2D eigenvalue weighted by Crippen LogP contribution is -2.24. The predicted octanol–water partition coefficient (Wildman–Crippen LogP) is 5.26. The zero-order valence-corrected chi connectivity index (χ0v) is 22.8. The Hall–Kier alpha value is -2.63. The van der Waals surface area contributed by atoms with Crippen molar-refractivity contribution in [1.29, 1.82) is 0 Å². The normalized spacial score (nSPS) is 14.5. The molecule has 1 aliphatic carbocycles. The number of nitrogens with zero attached hydrogens (tertiary/aromatic N) is 2. The summed E-state index contributed by atoms with van der Waals surface area (Å²) in [4.78, 5) is 45.5. The third-order valence-electron chi connectivity index (χ3n) is 6.24. The fourth-order valence-corrected chi connectivity index (χ4v) is 7.70. The SMILES string of the molecule is CCOC(=O)c1c(NC(=O)CSc2nc3c(c(=O)n2-c2ccc(F)cc2)SCC3)sc2c1CCCCC2. The minimum Gasteiger partial charge on any atom is -0.462 e. The van der Waals surface area contributed by atoms with Gasteiger partial charge < -0.3 is 10.1 Å². The molecule has 2 aliphatic rings. The van der Waals surface area contributed by atoms with E-state index in [0.717, 1.165) is 65.8 Å². The first-order valence-electron chi connectivity index (χ1n) is 12.2. The smallest absolute Gasteiger partial charge is 0.341 e. The summed E-state index contributed by atoms with van der Waals surface area (Å²) in [6, 6.07) is 5.64. The van der Waals surface area contributed by atoms with Gasteiger partial charge in [-0.05, 0) is 62.4 Å². The number of rotatable bonds is 7. The summed E-state index contributed by atoms with van der Waals surface area (Å²) < 4.78 is 20.3. The molecule has 0 saturated carbocycles. The second-order valence-corrected chi connectivity index (χ2v) is 11.9. The van der Waals surface area contributed by atoms with Crippen molar-refractivity contribution in [2.75, 3.05) is 23.4 Å². The Balaban J connectivity index is 1.40. The van der Waals surface area contributed by atoms with Gasteiger partial charge in [0.1, 0.15) is 10.8 Å². The van der Waals surface area contributed by atoms with Crippen LogP contribution in [0.25, 0.3) is 5.69 Å². The zero-order valence-electron chi connectivity index (χ0n) is 20.3. The van der Waals surface area contributed by atoms with E-state index in [0.29, 0.717) is 32.7 Å². The third-order valence-corrected chi connectivity index (χ3v) is 9.49. The number of hydrogen-bond acceptors (Lipinski definition) is 8. The van der Waals surface area contributed by atoms with E-state index in [9.17, 15) is 18.8 Å². The highest BCUT2D eigenvalue weighted by molar-refractivity contribution is 8.00. The van der Waals surface area contributed by atoms with E-state index < -0.39 is 11.8 Å². The summed E-state index contributed by atoms with van der Waals surface area (Å²) in [5.74, 6) is -0.352. The number of ether oxygens (including phenoxy) is 1. The first kappa shape index (κ1) is 26.0. The summed E-state index contributed by atoms with van der Waals surface area (Å²) in [5.41, 5.74) is 2.46. The Morgan fingerprint density at radius 3 is 2.73 bits per heavy atom. The fourth-order valence-electron chi connectivity index (χ4n) is 4.55. The highest BCUT2D eigenvalue weighted by Gasteiger charge is 2.27. The van der Waals surface area contributed by atoms with Crippen LogP contribution in [0.1, 0.15) is 52.7 Å². The van der Waals surface area contributed by atoms with Crippen molar-refractivity contribution < 1.29 is 18.7 Å². The Labute approximate surface area is 226 Å². The van der Waals surface area contributed by atoms with Gasteiger partial charge in [0.05, 0.1) is 34.2 Å². The number of anilines is 1. The third kappa shape index (κ3) is 5.49. The van der Waals surface area contributed by atoms with Crippen molar-refractivity contribution in [2.45, 2.75) is 55.5 Å². The van der Waals surface area contributed by atoms with Crippen molar-refractivity contribution in [1.82, 2.24) is 9.55 Å². The van der Waals surface area contributed by atoms with E-state index in [4.69, 9.17) is 4.74 Å². The number of carbonyl (C=O) groups is 2. The monoisotopic (exact) mass is 559 g/mol. The molecule has 0 fully saturated rings. The summed E-state index contributed by atoms with van der Waals surface area (Å²) >= 11 is 4.05. The van der Waals surface area contributed by atoms with Crippen molar-refractivity contribution >= 4 is 51.7 Å². The Morgan fingerprint density at radius 1 is 1.16 bits per heavy atom. The number of nitrogens with one attached hydrogen (secondary N) is 1. The lowest BCUT2D eigenvalue weighted by molar-refractivity contribution is -0.113. The van der Waals surface area contributed by atoms with Crippen LogP contribution in [0.15, 0.2) is 39.1 Å². The van der Waals surface area contributed by atoms with Crippen LogP contribution in [0.5, 0.6) is 0 Å². The molecule has 0 unspecified atom stereocenters. The summed E-state index contributed by atoms with van der Waals surface area (Å²) in [5, 5.41) is 3.81. The molecule has 0 spiro atoms. The van der Waals surface area contributed by atoms with Crippen molar-refractivity contribution in [3.05, 3.63) is 62.1 Å². The van der Waals surface area contributed by atoms with Gasteiger partial charge in [-0.15, -0.1) is 23.1 Å². The minimum atomic E-state index is -0.409. The maximum atomic E-state index is 13.5. The molecule has 1 aromatic carbocycles. The summed E-state index contributed by atoms with van der Waals surface area (Å²) in [6.07, 6.45) is 5.54. The molecule has 1 amide bonds. The van der Waals surface area contributed by atoms with Crippen LogP contribution in [0, 0.1) is 5.82 Å². The van der Waals surface area contributed by atoms with Gasteiger partial charge in [0.25, 0.3) is 5.56 Å². The maximum Gasteiger partial charge on any atom is 0.341 e. The summed E-state index contributed by atoms with van der Waals surface area (Å²) in [6.45, 7) is 2.02. The van der Waals surface area contributed by atoms with Crippen LogP contribution in [-0.2, 0) is 28.8 Å². The highest BCUT2D eigenvalue weighted by Crippen LogP contribution is 2.38. The van der Waals surface area contributed by atoms with Gasteiger partial charge in [-0.2, -0.15) is 0 Å². The molecule has 0 saturated heterocycles. The number of benzene rings is 1. The van der Waals surface area contributed by atoms with Crippen LogP contribution >= 0.6 is 34.9 Å². The largest absolute Gasteiger partial charge is 0.462 e. The Kier molecular flexibility index (Phi) is 8.01. The Bertz CT molecular complexity index is 1400. The lowest BCUT2D eigenvalue weighted by atomic mass is 10.1. The molecule has 194 valence electrons. The molecule has 3 heterocycles. The van der Waals surface area contributed by atoms with E-state index in [-0.39, 0.29) is 23.8 Å².